The van der Waals surface area contributed by atoms with Gasteiger partial charge < -0.3 is 10.3 Å². The molecule has 0 bridgehead atoms. The van der Waals surface area contributed by atoms with Gasteiger partial charge in [0, 0.05) is 29.5 Å². The maximum Gasteiger partial charge on any atom is 0.244 e. The van der Waals surface area contributed by atoms with Crippen LogP contribution < -0.4 is 5.32 Å². The van der Waals surface area contributed by atoms with Gasteiger partial charge >= 0.3 is 0 Å². The van der Waals surface area contributed by atoms with Gasteiger partial charge in [0.05, 0.1) is 0 Å². The van der Waals surface area contributed by atoms with Crippen molar-refractivity contribution in [1.82, 2.24) is 10.3 Å². The molecule has 0 aliphatic rings. The Kier molecular flexibility index (Phi) is 4.58. The summed E-state index contributed by atoms with van der Waals surface area (Å²) in [5, 5.41) is 2.83. The minimum atomic E-state index is -0.103. The fourth-order valence-corrected chi connectivity index (χ4v) is 2.27. The van der Waals surface area contributed by atoms with Gasteiger partial charge in [0.2, 0.25) is 5.91 Å². The second-order valence-corrected chi connectivity index (χ2v) is 5.15. The Morgan fingerprint density at radius 3 is 2.95 bits per heavy atom. The molecule has 1 aromatic heterocycles. The Labute approximate surface area is 120 Å². The SMILES string of the molecule is Cc1ccc(/C=C/C(=O)NCc2cc[nH]c2)c(Br)c1. The van der Waals surface area contributed by atoms with Crippen LogP contribution in [0.3, 0.4) is 0 Å². The number of carbonyl (C=O) groups excluding carboxylic acids is 1. The highest BCUT2D eigenvalue weighted by atomic mass is 79.9. The maximum absolute atomic E-state index is 11.7. The van der Waals surface area contributed by atoms with E-state index in [0.29, 0.717) is 6.54 Å². The molecule has 1 aromatic carbocycles. The fraction of sp³-hybridized carbons (Fsp3) is 0.133. The molecule has 0 fully saturated rings. The number of hydrogen-bond acceptors (Lipinski definition) is 1. The number of aryl methyl sites for hydroxylation is 1. The van der Waals surface area contributed by atoms with Crippen molar-refractivity contribution in [3.8, 4) is 0 Å². The van der Waals surface area contributed by atoms with Crippen LogP contribution in [0.5, 0.6) is 0 Å². The van der Waals surface area contributed by atoms with Crippen LogP contribution in [0, 0.1) is 6.92 Å². The minimum absolute atomic E-state index is 0.103. The molecule has 0 unspecified atom stereocenters. The van der Waals surface area contributed by atoms with E-state index >= 15 is 0 Å². The Morgan fingerprint density at radius 2 is 2.26 bits per heavy atom. The van der Waals surface area contributed by atoms with Gasteiger partial charge in [-0.05, 0) is 41.8 Å². The zero-order chi connectivity index (χ0) is 13.7. The highest BCUT2D eigenvalue weighted by molar-refractivity contribution is 9.10. The van der Waals surface area contributed by atoms with Crippen LogP contribution in [0.2, 0.25) is 0 Å². The standard InChI is InChI=1S/C15H15BrN2O/c1-11-2-3-13(14(16)8-11)4-5-15(19)18-10-12-6-7-17-9-12/h2-9,17H,10H2,1H3,(H,18,19)/b5-4+. The van der Waals surface area contributed by atoms with Gasteiger partial charge in [0.25, 0.3) is 0 Å². The van der Waals surface area contributed by atoms with E-state index in [1.165, 1.54) is 5.56 Å². The van der Waals surface area contributed by atoms with E-state index in [9.17, 15) is 4.79 Å². The second-order valence-electron chi connectivity index (χ2n) is 4.30. The van der Waals surface area contributed by atoms with Gasteiger partial charge in [-0.1, -0.05) is 28.1 Å². The third-order valence-electron chi connectivity index (χ3n) is 2.70. The molecule has 1 amide bonds. The normalized spacial score (nSPS) is 10.8. The lowest BCUT2D eigenvalue weighted by atomic mass is 10.1. The molecule has 0 aliphatic heterocycles. The first-order valence-corrected chi connectivity index (χ1v) is 6.78. The molecule has 0 radical (unpaired) electrons. The largest absolute Gasteiger partial charge is 0.367 e. The number of hydrogen-bond donors (Lipinski definition) is 2. The topological polar surface area (TPSA) is 44.9 Å². The maximum atomic E-state index is 11.7. The number of aromatic nitrogens is 1. The zero-order valence-electron chi connectivity index (χ0n) is 10.6. The molecule has 98 valence electrons. The van der Waals surface area contributed by atoms with E-state index < -0.39 is 0 Å². The van der Waals surface area contributed by atoms with E-state index in [2.05, 4.69) is 26.2 Å². The van der Waals surface area contributed by atoms with Crippen LogP contribution in [-0.4, -0.2) is 10.9 Å². The number of H-pyrrole nitrogens is 1. The lowest BCUT2D eigenvalue weighted by Gasteiger charge is -2.01. The third-order valence-corrected chi connectivity index (χ3v) is 3.39. The Hall–Kier alpha value is -1.81. The molecule has 2 rings (SSSR count). The van der Waals surface area contributed by atoms with Crippen LogP contribution in [-0.2, 0) is 11.3 Å². The fourth-order valence-electron chi connectivity index (χ4n) is 1.65. The Bertz CT molecular complexity index is 588. The average molecular weight is 319 g/mol. The smallest absolute Gasteiger partial charge is 0.244 e. The summed E-state index contributed by atoms with van der Waals surface area (Å²) in [5.41, 5.74) is 3.22. The predicted octanol–water partition coefficient (Wildman–Crippen LogP) is 3.42. The van der Waals surface area contributed by atoms with Crippen molar-refractivity contribution in [2.75, 3.05) is 0 Å². The lowest BCUT2D eigenvalue weighted by molar-refractivity contribution is -0.116. The van der Waals surface area contributed by atoms with Crippen LogP contribution in [0.1, 0.15) is 16.7 Å². The van der Waals surface area contributed by atoms with Gasteiger partial charge in [-0.3, -0.25) is 4.79 Å². The van der Waals surface area contributed by atoms with E-state index in [1.807, 2.05) is 43.6 Å². The predicted molar refractivity (Wildman–Crippen MR) is 80.6 cm³/mol. The Balaban J connectivity index is 1.92. The number of benzene rings is 1. The first-order chi connectivity index (χ1) is 9.15. The monoisotopic (exact) mass is 318 g/mol. The lowest BCUT2D eigenvalue weighted by Crippen LogP contribution is -2.19. The van der Waals surface area contributed by atoms with E-state index in [1.54, 1.807) is 12.2 Å². The number of halogens is 1. The molecule has 4 heteroatoms. The van der Waals surface area contributed by atoms with Crippen LogP contribution in [0.15, 0.2) is 47.2 Å². The highest BCUT2D eigenvalue weighted by Gasteiger charge is 1.99. The molecule has 2 N–H and O–H groups in total. The molecule has 2 aromatic rings. The van der Waals surface area contributed by atoms with Crippen molar-refractivity contribution < 1.29 is 4.79 Å². The van der Waals surface area contributed by atoms with E-state index in [0.717, 1.165) is 15.6 Å². The van der Waals surface area contributed by atoms with Crippen LogP contribution in [0.4, 0.5) is 0 Å². The highest BCUT2D eigenvalue weighted by Crippen LogP contribution is 2.19. The van der Waals surface area contributed by atoms with Crippen molar-refractivity contribution in [3.63, 3.8) is 0 Å². The Morgan fingerprint density at radius 1 is 1.42 bits per heavy atom. The first-order valence-electron chi connectivity index (χ1n) is 5.99. The van der Waals surface area contributed by atoms with Crippen molar-refractivity contribution in [1.29, 1.82) is 0 Å². The summed E-state index contributed by atoms with van der Waals surface area (Å²) >= 11 is 3.48. The molecular weight excluding hydrogens is 304 g/mol. The molecule has 0 atom stereocenters. The van der Waals surface area contributed by atoms with E-state index in [-0.39, 0.29) is 5.91 Å². The number of amides is 1. The molecule has 0 saturated heterocycles. The number of rotatable bonds is 4. The van der Waals surface area contributed by atoms with Crippen molar-refractivity contribution in [2.45, 2.75) is 13.5 Å². The van der Waals surface area contributed by atoms with Gasteiger partial charge in [-0.15, -0.1) is 0 Å². The van der Waals surface area contributed by atoms with Gasteiger partial charge in [0.15, 0.2) is 0 Å². The second kappa shape index (κ2) is 6.38. The van der Waals surface area contributed by atoms with Crippen molar-refractivity contribution in [2.24, 2.45) is 0 Å². The summed E-state index contributed by atoms with van der Waals surface area (Å²) in [6, 6.07) is 7.95. The third kappa shape index (κ3) is 4.10. The van der Waals surface area contributed by atoms with E-state index in [4.69, 9.17) is 0 Å². The molecule has 0 saturated carbocycles. The summed E-state index contributed by atoms with van der Waals surface area (Å²) in [4.78, 5) is 14.6. The minimum Gasteiger partial charge on any atom is -0.367 e. The number of carbonyl (C=O) groups is 1. The van der Waals surface area contributed by atoms with Gasteiger partial charge in [-0.25, -0.2) is 0 Å². The van der Waals surface area contributed by atoms with Crippen LogP contribution in [0.25, 0.3) is 6.08 Å². The quantitative estimate of drug-likeness (QED) is 0.834. The average Bonchev–Trinajstić information content (AvgIpc) is 2.88. The molecular formula is C15H15BrN2O. The van der Waals surface area contributed by atoms with Crippen LogP contribution >= 0.6 is 15.9 Å². The number of nitrogens with one attached hydrogen (secondary N) is 2. The van der Waals surface area contributed by atoms with Gasteiger partial charge in [-0.2, -0.15) is 0 Å². The van der Waals surface area contributed by atoms with Crippen molar-refractivity contribution in [3.05, 3.63) is 63.9 Å². The molecule has 19 heavy (non-hydrogen) atoms. The van der Waals surface area contributed by atoms with Crippen molar-refractivity contribution >= 4 is 27.9 Å². The molecule has 0 aliphatic carbocycles. The number of aromatic amines is 1. The van der Waals surface area contributed by atoms with Gasteiger partial charge in [0.1, 0.15) is 0 Å². The molecule has 3 nitrogen and oxygen atoms in total. The molecule has 0 spiro atoms. The summed E-state index contributed by atoms with van der Waals surface area (Å²) in [5.74, 6) is -0.103. The summed E-state index contributed by atoms with van der Waals surface area (Å²) < 4.78 is 0.988. The first kappa shape index (κ1) is 13.6. The summed E-state index contributed by atoms with van der Waals surface area (Å²) in [7, 11) is 0. The summed E-state index contributed by atoms with van der Waals surface area (Å²) in [6.07, 6.45) is 7.04. The molecule has 1 heterocycles. The zero-order valence-corrected chi connectivity index (χ0v) is 12.2. The summed E-state index contributed by atoms with van der Waals surface area (Å²) in [6.45, 7) is 2.56.